The van der Waals surface area contributed by atoms with E-state index in [1.54, 1.807) is 0 Å². The number of halogens is 1. The number of hydrogen-bond acceptors (Lipinski definition) is 3. The molecule has 0 aliphatic carbocycles. The van der Waals surface area contributed by atoms with E-state index in [2.05, 4.69) is 65.1 Å². The summed E-state index contributed by atoms with van der Waals surface area (Å²) in [4.78, 5) is 4.51. The van der Waals surface area contributed by atoms with Crippen molar-refractivity contribution >= 4 is 21.6 Å². The first-order valence-corrected chi connectivity index (χ1v) is 7.59. The van der Waals surface area contributed by atoms with Gasteiger partial charge in [0.25, 0.3) is 0 Å². The van der Waals surface area contributed by atoms with Crippen molar-refractivity contribution in [2.75, 3.05) is 39.1 Å². The number of nitrogens with two attached hydrogens (primary N) is 1. The highest BCUT2D eigenvalue weighted by Gasteiger charge is 2.07. The maximum absolute atomic E-state index is 5.84. The van der Waals surface area contributed by atoms with Crippen LogP contribution in [0.2, 0.25) is 0 Å². The molecule has 108 valence electrons. The molecule has 1 unspecified atom stereocenters. The van der Waals surface area contributed by atoms with E-state index in [4.69, 9.17) is 5.73 Å². The lowest BCUT2D eigenvalue weighted by molar-refractivity contribution is 0.401. The van der Waals surface area contributed by atoms with Crippen LogP contribution in [-0.2, 0) is 6.42 Å². The van der Waals surface area contributed by atoms with Crippen LogP contribution in [0.15, 0.2) is 22.7 Å². The van der Waals surface area contributed by atoms with Crippen LogP contribution in [0.4, 0.5) is 5.69 Å². The number of anilines is 1. The van der Waals surface area contributed by atoms with Gasteiger partial charge < -0.3 is 15.5 Å². The molecule has 0 saturated carbocycles. The Kier molecular flexibility index (Phi) is 6.83. The first kappa shape index (κ1) is 16.5. The monoisotopic (exact) mass is 327 g/mol. The van der Waals surface area contributed by atoms with Crippen LogP contribution in [-0.4, -0.2) is 45.2 Å². The lowest BCUT2D eigenvalue weighted by Crippen LogP contribution is -2.23. The molecule has 19 heavy (non-hydrogen) atoms. The summed E-state index contributed by atoms with van der Waals surface area (Å²) in [7, 11) is 6.36. The van der Waals surface area contributed by atoms with Crippen LogP contribution in [0.3, 0.4) is 0 Å². The topological polar surface area (TPSA) is 32.5 Å². The van der Waals surface area contributed by atoms with Crippen molar-refractivity contribution < 1.29 is 0 Å². The van der Waals surface area contributed by atoms with Crippen molar-refractivity contribution in [3.8, 4) is 0 Å². The first-order chi connectivity index (χ1) is 8.90. The molecule has 0 fully saturated rings. The molecule has 0 spiro atoms. The van der Waals surface area contributed by atoms with E-state index in [9.17, 15) is 0 Å². The molecular formula is C15H26BrN3. The highest BCUT2D eigenvalue weighted by molar-refractivity contribution is 9.10. The molecule has 0 amide bonds. The van der Waals surface area contributed by atoms with Gasteiger partial charge in [0.1, 0.15) is 0 Å². The molecule has 1 aromatic carbocycles. The standard InChI is InChI=1S/C15H26BrN3/c1-12(17)10-13-6-7-15(14(16)11-13)19(4)9-5-8-18(2)3/h6-7,11-12H,5,8-10,17H2,1-4H3. The summed E-state index contributed by atoms with van der Waals surface area (Å²) in [5.41, 5.74) is 8.36. The predicted molar refractivity (Wildman–Crippen MR) is 87.9 cm³/mol. The second kappa shape index (κ2) is 7.88. The molecule has 0 radical (unpaired) electrons. The van der Waals surface area contributed by atoms with Gasteiger partial charge in [-0.2, -0.15) is 0 Å². The normalized spacial score (nSPS) is 12.8. The van der Waals surface area contributed by atoms with Gasteiger partial charge in [0.2, 0.25) is 0 Å². The summed E-state index contributed by atoms with van der Waals surface area (Å²) in [6.45, 7) is 4.21. The molecule has 1 aromatic rings. The van der Waals surface area contributed by atoms with Gasteiger partial charge in [0.15, 0.2) is 0 Å². The van der Waals surface area contributed by atoms with Gasteiger partial charge in [-0.1, -0.05) is 6.07 Å². The van der Waals surface area contributed by atoms with Gasteiger partial charge in [-0.05, 0) is 74.0 Å². The van der Waals surface area contributed by atoms with E-state index in [0.29, 0.717) is 0 Å². The Bertz CT molecular complexity index is 391. The minimum Gasteiger partial charge on any atom is -0.374 e. The molecule has 0 aliphatic rings. The molecule has 0 aliphatic heterocycles. The third kappa shape index (κ3) is 5.93. The van der Waals surface area contributed by atoms with Gasteiger partial charge in [0, 0.05) is 24.1 Å². The Morgan fingerprint density at radius 2 is 1.89 bits per heavy atom. The summed E-state index contributed by atoms with van der Waals surface area (Å²) in [5.74, 6) is 0. The maximum atomic E-state index is 5.84. The van der Waals surface area contributed by atoms with Crippen molar-refractivity contribution in [3.63, 3.8) is 0 Å². The molecule has 0 bridgehead atoms. The summed E-state index contributed by atoms with van der Waals surface area (Å²) in [6.07, 6.45) is 2.08. The molecule has 1 atom stereocenters. The fourth-order valence-corrected chi connectivity index (χ4v) is 2.83. The van der Waals surface area contributed by atoms with Crippen molar-refractivity contribution in [1.29, 1.82) is 0 Å². The smallest absolute Gasteiger partial charge is 0.0508 e. The van der Waals surface area contributed by atoms with Crippen LogP contribution in [0.1, 0.15) is 18.9 Å². The van der Waals surface area contributed by atoms with E-state index in [-0.39, 0.29) is 6.04 Å². The molecule has 0 heterocycles. The van der Waals surface area contributed by atoms with E-state index in [1.807, 2.05) is 6.92 Å². The summed E-state index contributed by atoms with van der Waals surface area (Å²) < 4.78 is 1.15. The number of rotatable bonds is 7. The third-order valence-electron chi connectivity index (χ3n) is 3.08. The van der Waals surface area contributed by atoms with Gasteiger partial charge in [-0.15, -0.1) is 0 Å². The number of nitrogens with zero attached hydrogens (tertiary/aromatic N) is 2. The van der Waals surface area contributed by atoms with E-state index in [0.717, 1.165) is 30.4 Å². The minimum absolute atomic E-state index is 0.204. The zero-order valence-corrected chi connectivity index (χ0v) is 14.1. The summed E-state index contributed by atoms with van der Waals surface area (Å²) in [5, 5.41) is 0. The Morgan fingerprint density at radius 3 is 2.42 bits per heavy atom. The zero-order valence-electron chi connectivity index (χ0n) is 12.5. The van der Waals surface area contributed by atoms with Crippen molar-refractivity contribution in [3.05, 3.63) is 28.2 Å². The van der Waals surface area contributed by atoms with Gasteiger partial charge in [-0.25, -0.2) is 0 Å². The average Bonchev–Trinajstić information content (AvgIpc) is 2.27. The van der Waals surface area contributed by atoms with Crippen molar-refractivity contribution in [1.82, 2.24) is 4.90 Å². The molecule has 4 heteroatoms. The van der Waals surface area contributed by atoms with Gasteiger partial charge >= 0.3 is 0 Å². The third-order valence-corrected chi connectivity index (χ3v) is 3.72. The second-order valence-corrected chi connectivity index (χ2v) is 6.40. The molecular weight excluding hydrogens is 302 g/mol. The van der Waals surface area contributed by atoms with Crippen LogP contribution in [0.5, 0.6) is 0 Å². The number of benzene rings is 1. The predicted octanol–water partition coefficient (Wildman–Crippen LogP) is 2.73. The zero-order chi connectivity index (χ0) is 14.4. The quantitative estimate of drug-likeness (QED) is 0.835. The molecule has 0 aromatic heterocycles. The van der Waals surface area contributed by atoms with Crippen LogP contribution < -0.4 is 10.6 Å². The average molecular weight is 328 g/mol. The van der Waals surface area contributed by atoms with Crippen LogP contribution in [0.25, 0.3) is 0 Å². The van der Waals surface area contributed by atoms with Crippen molar-refractivity contribution in [2.24, 2.45) is 5.73 Å². The maximum Gasteiger partial charge on any atom is 0.0508 e. The summed E-state index contributed by atoms with van der Waals surface area (Å²) in [6, 6.07) is 6.74. The molecule has 2 N–H and O–H groups in total. The first-order valence-electron chi connectivity index (χ1n) is 6.80. The van der Waals surface area contributed by atoms with Crippen molar-refractivity contribution in [2.45, 2.75) is 25.8 Å². The van der Waals surface area contributed by atoms with Crippen LogP contribution >= 0.6 is 15.9 Å². The SMILES string of the molecule is CC(N)Cc1ccc(N(C)CCCN(C)C)c(Br)c1. The van der Waals surface area contributed by atoms with E-state index < -0.39 is 0 Å². The Labute approximate surface area is 125 Å². The number of hydrogen-bond donors (Lipinski definition) is 1. The molecule has 3 nitrogen and oxygen atoms in total. The van der Waals surface area contributed by atoms with Gasteiger partial charge in [0.05, 0.1) is 5.69 Å². The largest absolute Gasteiger partial charge is 0.374 e. The Hall–Kier alpha value is -0.580. The lowest BCUT2D eigenvalue weighted by Gasteiger charge is -2.22. The Balaban J connectivity index is 2.62. The highest BCUT2D eigenvalue weighted by Crippen LogP contribution is 2.27. The molecule has 0 saturated heterocycles. The summed E-state index contributed by atoms with van der Waals surface area (Å²) >= 11 is 3.67. The fourth-order valence-electron chi connectivity index (χ4n) is 2.10. The fraction of sp³-hybridized carbons (Fsp3) is 0.600. The minimum atomic E-state index is 0.204. The molecule has 1 rings (SSSR count). The van der Waals surface area contributed by atoms with E-state index >= 15 is 0 Å². The van der Waals surface area contributed by atoms with Gasteiger partial charge in [-0.3, -0.25) is 0 Å². The lowest BCUT2D eigenvalue weighted by atomic mass is 10.1. The highest BCUT2D eigenvalue weighted by atomic mass is 79.9. The van der Waals surface area contributed by atoms with Crippen LogP contribution in [0, 0.1) is 0 Å². The Morgan fingerprint density at radius 1 is 1.21 bits per heavy atom. The second-order valence-electron chi connectivity index (χ2n) is 5.55. The van der Waals surface area contributed by atoms with E-state index in [1.165, 1.54) is 11.3 Å².